The van der Waals surface area contributed by atoms with E-state index in [-0.39, 0.29) is 17.9 Å². The summed E-state index contributed by atoms with van der Waals surface area (Å²) in [6, 6.07) is 12.0. The van der Waals surface area contributed by atoms with Crippen LogP contribution in [-0.2, 0) is 19.4 Å². The van der Waals surface area contributed by atoms with Crippen LogP contribution in [0, 0.1) is 6.92 Å². The smallest absolute Gasteiger partial charge is 0.339 e. The van der Waals surface area contributed by atoms with Gasteiger partial charge in [-0.25, -0.2) is 9.78 Å². The van der Waals surface area contributed by atoms with Gasteiger partial charge in [-0.1, -0.05) is 28.9 Å². The van der Waals surface area contributed by atoms with Crippen LogP contribution < -0.4 is 9.47 Å². The highest BCUT2D eigenvalue weighted by Gasteiger charge is 2.33. The molecule has 2 N–H and O–H groups in total. The summed E-state index contributed by atoms with van der Waals surface area (Å²) in [5.74, 6) is 0.987. The normalized spacial score (nSPS) is 14.3. The average Bonchev–Trinajstić information content (AvgIpc) is 3.65. The second-order valence-electron chi connectivity index (χ2n) is 9.35. The van der Waals surface area contributed by atoms with Gasteiger partial charge in [0.2, 0.25) is 5.88 Å². The fourth-order valence-corrected chi connectivity index (χ4v) is 4.98. The summed E-state index contributed by atoms with van der Waals surface area (Å²) in [4.78, 5) is 16.1. The highest BCUT2D eigenvalue weighted by molar-refractivity contribution is 6.33. The largest absolute Gasteiger partial charge is 0.507 e. The third kappa shape index (κ3) is 4.38. The fourth-order valence-electron chi connectivity index (χ4n) is 4.67. The van der Waals surface area contributed by atoms with E-state index in [2.05, 4.69) is 10.1 Å². The highest BCUT2D eigenvalue weighted by Crippen LogP contribution is 2.45. The molecule has 2 aromatic heterocycles. The Morgan fingerprint density at radius 1 is 1.16 bits per heavy atom. The van der Waals surface area contributed by atoms with Crippen LogP contribution in [0.5, 0.6) is 23.1 Å². The molecule has 0 amide bonds. The van der Waals surface area contributed by atoms with Crippen molar-refractivity contribution in [3.05, 3.63) is 81.2 Å². The maximum absolute atomic E-state index is 11.4. The van der Waals surface area contributed by atoms with Crippen LogP contribution in [0.3, 0.4) is 0 Å². The average molecular weight is 519 g/mol. The number of hydrogen-bond acceptors (Lipinski definition) is 7. The van der Waals surface area contributed by atoms with Gasteiger partial charge < -0.3 is 24.2 Å². The van der Waals surface area contributed by atoms with Gasteiger partial charge in [0, 0.05) is 17.5 Å². The van der Waals surface area contributed by atoms with E-state index in [0.29, 0.717) is 58.1 Å². The first kappa shape index (κ1) is 23.4. The number of aryl methyl sites for hydroxylation is 3. The molecule has 3 heterocycles. The molecule has 0 unspecified atom stereocenters. The van der Waals surface area contributed by atoms with E-state index in [1.54, 1.807) is 12.1 Å². The molecule has 6 rings (SSSR count). The number of ether oxygens (including phenoxy) is 2. The minimum atomic E-state index is -1.22. The van der Waals surface area contributed by atoms with Gasteiger partial charge >= 0.3 is 5.97 Å². The van der Waals surface area contributed by atoms with E-state index in [0.717, 1.165) is 35.3 Å². The number of pyridine rings is 1. The topological polar surface area (TPSA) is 115 Å². The standard InChI is InChI=1S/C28H23ClN2O6/c1-14-3-2-4-19(29)25(14)26-18(27(37-31-26)15-5-6-15)13-35-24-10-9-22-20(30-24)8-7-16-11-21(32)17(28(33)34)12-23(16)36-22/h2-4,9-12,15,32H,5-8,13H2,1H3,(H,33,34). The van der Waals surface area contributed by atoms with Gasteiger partial charge in [-0.15, -0.1) is 0 Å². The van der Waals surface area contributed by atoms with E-state index >= 15 is 0 Å². The van der Waals surface area contributed by atoms with Gasteiger partial charge in [-0.05, 0) is 68.0 Å². The molecule has 1 fully saturated rings. The van der Waals surface area contributed by atoms with Gasteiger partial charge in [-0.2, -0.15) is 0 Å². The molecule has 1 saturated carbocycles. The molecule has 8 nitrogen and oxygen atoms in total. The Labute approximate surface area is 217 Å². The minimum absolute atomic E-state index is 0.208. The third-order valence-electron chi connectivity index (χ3n) is 6.76. The molecular weight excluding hydrogens is 496 g/mol. The van der Waals surface area contributed by atoms with E-state index in [9.17, 15) is 15.0 Å². The zero-order valence-corrected chi connectivity index (χ0v) is 20.7. The maximum atomic E-state index is 11.4. The number of aromatic carboxylic acids is 1. The Hall–Kier alpha value is -4.04. The predicted molar refractivity (Wildman–Crippen MR) is 135 cm³/mol. The molecule has 37 heavy (non-hydrogen) atoms. The SMILES string of the molecule is Cc1cccc(Cl)c1-c1noc(C2CC2)c1COc1ccc2c(n1)CCc1cc(O)c(C(=O)O)cc1O2. The number of fused-ring (bicyclic) bond motifs is 2. The Morgan fingerprint density at radius 3 is 2.76 bits per heavy atom. The molecule has 9 heteroatoms. The monoisotopic (exact) mass is 518 g/mol. The van der Waals surface area contributed by atoms with Crippen LogP contribution in [0.1, 0.15) is 57.3 Å². The predicted octanol–water partition coefficient (Wildman–Crippen LogP) is 6.45. The van der Waals surface area contributed by atoms with Crippen molar-refractivity contribution in [1.29, 1.82) is 0 Å². The van der Waals surface area contributed by atoms with Crippen molar-refractivity contribution in [3.8, 4) is 34.4 Å². The number of carbonyl (C=O) groups is 1. The second kappa shape index (κ2) is 9.12. The lowest BCUT2D eigenvalue weighted by atomic mass is 10.0. The van der Waals surface area contributed by atoms with Gasteiger partial charge in [0.15, 0.2) is 0 Å². The molecule has 2 aliphatic rings. The summed E-state index contributed by atoms with van der Waals surface area (Å²) in [5.41, 5.74) is 4.58. The summed E-state index contributed by atoms with van der Waals surface area (Å²) in [7, 11) is 0. The number of hydrogen-bond donors (Lipinski definition) is 2. The third-order valence-corrected chi connectivity index (χ3v) is 7.07. The van der Waals surface area contributed by atoms with Gasteiger partial charge in [0.05, 0.1) is 16.3 Å². The Balaban J connectivity index is 1.27. The number of carboxylic acids is 1. The summed E-state index contributed by atoms with van der Waals surface area (Å²) in [6.45, 7) is 2.21. The van der Waals surface area contributed by atoms with Crippen LogP contribution >= 0.6 is 11.6 Å². The number of aromatic nitrogens is 2. The lowest BCUT2D eigenvalue weighted by Gasteiger charge is -2.12. The fraction of sp³-hybridized carbons (Fsp3) is 0.250. The summed E-state index contributed by atoms with van der Waals surface area (Å²) >= 11 is 6.53. The Morgan fingerprint density at radius 2 is 2.00 bits per heavy atom. The Bertz CT molecular complexity index is 1520. The molecular formula is C28H23ClN2O6. The first-order valence-corrected chi connectivity index (χ1v) is 12.4. The lowest BCUT2D eigenvalue weighted by molar-refractivity contribution is 0.0693. The van der Waals surface area contributed by atoms with E-state index < -0.39 is 5.97 Å². The van der Waals surface area contributed by atoms with Crippen molar-refractivity contribution in [2.45, 2.75) is 45.1 Å². The first-order chi connectivity index (χ1) is 17.9. The van der Waals surface area contributed by atoms with Crippen molar-refractivity contribution in [1.82, 2.24) is 10.1 Å². The van der Waals surface area contributed by atoms with Crippen LogP contribution in [-0.4, -0.2) is 26.3 Å². The van der Waals surface area contributed by atoms with Crippen LogP contribution in [0.15, 0.2) is 47.0 Å². The quantitative estimate of drug-likeness (QED) is 0.299. The molecule has 4 aromatic rings. The van der Waals surface area contributed by atoms with E-state index in [4.69, 9.17) is 25.6 Å². The summed E-state index contributed by atoms with van der Waals surface area (Å²) in [5, 5.41) is 24.4. The van der Waals surface area contributed by atoms with Crippen molar-refractivity contribution in [2.75, 3.05) is 0 Å². The molecule has 0 atom stereocenters. The molecule has 1 aliphatic heterocycles. The highest BCUT2D eigenvalue weighted by atomic mass is 35.5. The molecule has 188 valence electrons. The second-order valence-corrected chi connectivity index (χ2v) is 9.75. The zero-order chi connectivity index (χ0) is 25.7. The number of phenols is 1. The van der Waals surface area contributed by atoms with Gasteiger partial charge in [0.25, 0.3) is 0 Å². The first-order valence-electron chi connectivity index (χ1n) is 12.0. The molecule has 0 radical (unpaired) electrons. The Kier molecular flexibility index (Phi) is 5.76. The molecule has 2 aromatic carbocycles. The summed E-state index contributed by atoms with van der Waals surface area (Å²) in [6.07, 6.45) is 3.17. The zero-order valence-electron chi connectivity index (χ0n) is 20.0. The minimum Gasteiger partial charge on any atom is -0.507 e. The van der Waals surface area contributed by atoms with Gasteiger partial charge in [-0.3, -0.25) is 0 Å². The number of benzene rings is 2. The van der Waals surface area contributed by atoms with E-state index in [1.165, 1.54) is 12.1 Å². The lowest BCUT2D eigenvalue weighted by Crippen LogP contribution is -2.03. The van der Waals surface area contributed by atoms with Crippen LogP contribution in [0.2, 0.25) is 5.02 Å². The van der Waals surface area contributed by atoms with Crippen molar-refractivity contribution in [3.63, 3.8) is 0 Å². The number of halogens is 1. The number of nitrogens with zero attached hydrogens (tertiary/aromatic N) is 2. The molecule has 0 spiro atoms. The number of carboxylic acid groups (broad SMARTS) is 1. The van der Waals surface area contributed by atoms with Crippen molar-refractivity contribution >= 4 is 17.6 Å². The number of rotatable bonds is 6. The number of aromatic hydroxyl groups is 1. The van der Waals surface area contributed by atoms with Crippen molar-refractivity contribution < 1.29 is 29.0 Å². The summed E-state index contributed by atoms with van der Waals surface area (Å²) < 4.78 is 17.9. The maximum Gasteiger partial charge on any atom is 0.339 e. The van der Waals surface area contributed by atoms with E-state index in [1.807, 2.05) is 25.1 Å². The van der Waals surface area contributed by atoms with Crippen molar-refractivity contribution in [2.24, 2.45) is 0 Å². The van der Waals surface area contributed by atoms with Crippen LogP contribution in [0.4, 0.5) is 0 Å². The molecule has 0 saturated heterocycles. The van der Waals surface area contributed by atoms with Crippen LogP contribution in [0.25, 0.3) is 11.3 Å². The van der Waals surface area contributed by atoms with Gasteiger partial charge in [0.1, 0.15) is 40.9 Å². The molecule has 0 bridgehead atoms. The molecule has 1 aliphatic carbocycles.